The van der Waals surface area contributed by atoms with E-state index in [1.54, 1.807) is 11.8 Å². The summed E-state index contributed by atoms with van der Waals surface area (Å²) >= 11 is 1.68. The highest BCUT2D eigenvalue weighted by Crippen LogP contribution is 2.39. The summed E-state index contributed by atoms with van der Waals surface area (Å²) in [5.41, 5.74) is 0.641. The molecule has 102 valence electrons. The number of anilines is 1. The van der Waals surface area contributed by atoms with E-state index >= 15 is 0 Å². The number of nitrogens with zero attached hydrogens (tertiary/aromatic N) is 1. The number of hydrogen-bond acceptors (Lipinski definition) is 3. The molecule has 1 aromatic carbocycles. The van der Waals surface area contributed by atoms with Crippen molar-refractivity contribution in [2.75, 3.05) is 11.1 Å². The van der Waals surface area contributed by atoms with Crippen LogP contribution in [-0.2, 0) is 0 Å². The predicted octanol–water partition coefficient (Wildman–Crippen LogP) is 4.18. The van der Waals surface area contributed by atoms with Crippen LogP contribution >= 0.6 is 11.8 Å². The highest BCUT2D eigenvalue weighted by atomic mass is 32.2. The largest absolute Gasteiger partial charge is 0.335 e. The van der Waals surface area contributed by atoms with Crippen molar-refractivity contribution in [2.45, 2.75) is 37.6 Å². The number of halogens is 2. The standard InChI is InChI=1S/C14H16F2N2S/c15-11-5-4-10(8-12(11)16)17-13-18-14(9-19-13)6-2-1-3-7-14/h4-5,8H,1-3,6-7,9H2,(H,17,18). The maximum Gasteiger partial charge on any atom is 0.161 e. The number of thioether (sulfide) groups is 1. The minimum absolute atomic E-state index is 0.0871. The Morgan fingerprint density at radius 1 is 1.11 bits per heavy atom. The van der Waals surface area contributed by atoms with Gasteiger partial charge in [-0.2, -0.15) is 0 Å². The Labute approximate surface area is 115 Å². The van der Waals surface area contributed by atoms with Crippen molar-refractivity contribution in [3.8, 4) is 0 Å². The van der Waals surface area contributed by atoms with Crippen LogP contribution in [0.4, 0.5) is 14.5 Å². The number of amidine groups is 1. The van der Waals surface area contributed by atoms with Gasteiger partial charge in [0.25, 0.3) is 0 Å². The van der Waals surface area contributed by atoms with Crippen LogP contribution in [0.1, 0.15) is 32.1 Å². The molecule has 0 radical (unpaired) electrons. The normalized spacial score (nSPS) is 21.5. The fraction of sp³-hybridized carbons (Fsp3) is 0.500. The molecule has 2 aliphatic rings. The molecule has 2 nitrogen and oxygen atoms in total. The summed E-state index contributed by atoms with van der Waals surface area (Å²) in [7, 11) is 0. The summed E-state index contributed by atoms with van der Waals surface area (Å²) in [4.78, 5) is 4.78. The van der Waals surface area contributed by atoms with Crippen LogP contribution in [0.2, 0.25) is 0 Å². The van der Waals surface area contributed by atoms with Crippen LogP contribution in [0.25, 0.3) is 0 Å². The van der Waals surface area contributed by atoms with Crippen LogP contribution in [0.5, 0.6) is 0 Å². The van der Waals surface area contributed by atoms with Gasteiger partial charge in [-0.15, -0.1) is 0 Å². The van der Waals surface area contributed by atoms with Crippen LogP contribution < -0.4 is 5.32 Å². The monoisotopic (exact) mass is 282 g/mol. The van der Waals surface area contributed by atoms with Crippen LogP contribution in [-0.4, -0.2) is 16.5 Å². The lowest BCUT2D eigenvalue weighted by atomic mass is 9.84. The van der Waals surface area contributed by atoms with E-state index in [0.717, 1.165) is 29.8 Å². The van der Waals surface area contributed by atoms with E-state index in [2.05, 4.69) is 5.32 Å². The fourth-order valence-electron chi connectivity index (χ4n) is 2.71. The lowest BCUT2D eigenvalue weighted by Crippen LogP contribution is -2.29. The van der Waals surface area contributed by atoms with Gasteiger partial charge in [0, 0.05) is 17.5 Å². The lowest BCUT2D eigenvalue weighted by Gasteiger charge is -2.29. The van der Waals surface area contributed by atoms with E-state index < -0.39 is 11.6 Å². The topological polar surface area (TPSA) is 24.4 Å². The second kappa shape index (κ2) is 5.12. The molecular formula is C14H16F2N2S. The molecule has 1 spiro atoms. The molecule has 1 aromatic rings. The first-order valence-electron chi connectivity index (χ1n) is 6.62. The number of rotatable bonds is 1. The van der Waals surface area contributed by atoms with Crippen molar-refractivity contribution >= 4 is 22.6 Å². The van der Waals surface area contributed by atoms with Crippen LogP contribution in [0.15, 0.2) is 23.2 Å². The van der Waals surface area contributed by atoms with Gasteiger partial charge in [-0.25, -0.2) is 8.78 Å². The maximum absolute atomic E-state index is 13.1. The van der Waals surface area contributed by atoms with Gasteiger partial charge >= 0.3 is 0 Å². The van der Waals surface area contributed by atoms with E-state index in [0.29, 0.717) is 5.69 Å². The maximum atomic E-state index is 13.1. The second-order valence-electron chi connectivity index (χ2n) is 5.24. The molecule has 0 amide bonds. The van der Waals surface area contributed by atoms with Gasteiger partial charge in [-0.05, 0) is 25.0 Å². The zero-order chi connectivity index (χ0) is 13.3. The van der Waals surface area contributed by atoms with Crippen LogP contribution in [0, 0.1) is 11.6 Å². The minimum atomic E-state index is -0.832. The Kier molecular flexibility index (Phi) is 3.48. The van der Waals surface area contributed by atoms with E-state index in [1.165, 1.54) is 31.4 Å². The number of aliphatic imine (C=N–C) groups is 1. The molecule has 5 heteroatoms. The van der Waals surface area contributed by atoms with E-state index in [4.69, 9.17) is 4.99 Å². The molecular weight excluding hydrogens is 266 g/mol. The van der Waals surface area contributed by atoms with Gasteiger partial charge < -0.3 is 5.32 Å². The van der Waals surface area contributed by atoms with E-state index in [-0.39, 0.29) is 5.54 Å². The third kappa shape index (κ3) is 2.76. The SMILES string of the molecule is Fc1ccc(NC2=NC3(CCCCC3)CS2)cc1F. The highest BCUT2D eigenvalue weighted by molar-refractivity contribution is 8.14. The highest BCUT2D eigenvalue weighted by Gasteiger charge is 2.36. The summed E-state index contributed by atoms with van der Waals surface area (Å²) in [6.45, 7) is 0. The molecule has 0 aromatic heterocycles. The molecule has 19 heavy (non-hydrogen) atoms. The summed E-state index contributed by atoms with van der Waals surface area (Å²) in [5, 5.41) is 3.91. The van der Waals surface area contributed by atoms with Crippen LogP contribution in [0.3, 0.4) is 0 Å². The molecule has 0 saturated heterocycles. The van der Waals surface area contributed by atoms with Gasteiger partial charge in [0.2, 0.25) is 0 Å². The third-order valence-corrected chi connectivity index (χ3v) is 4.92. The molecule has 1 saturated carbocycles. The Morgan fingerprint density at radius 2 is 1.89 bits per heavy atom. The smallest absolute Gasteiger partial charge is 0.161 e. The van der Waals surface area contributed by atoms with Crippen molar-refractivity contribution in [3.63, 3.8) is 0 Å². The van der Waals surface area contributed by atoms with Gasteiger partial charge in [0.1, 0.15) is 0 Å². The molecule has 1 aliphatic heterocycles. The van der Waals surface area contributed by atoms with Crippen molar-refractivity contribution in [3.05, 3.63) is 29.8 Å². The van der Waals surface area contributed by atoms with Gasteiger partial charge in [0.15, 0.2) is 16.8 Å². The van der Waals surface area contributed by atoms with Crippen molar-refractivity contribution < 1.29 is 8.78 Å². The van der Waals surface area contributed by atoms with Gasteiger partial charge in [0.05, 0.1) is 5.54 Å². The van der Waals surface area contributed by atoms with Crippen molar-refractivity contribution in [2.24, 2.45) is 4.99 Å². The second-order valence-corrected chi connectivity index (χ2v) is 6.21. The Bertz CT molecular complexity index is 510. The Hall–Kier alpha value is -1.10. The zero-order valence-corrected chi connectivity index (χ0v) is 11.4. The number of benzene rings is 1. The van der Waals surface area contributed by atoms with Gasteiger partial charge in [-0.1, -0.05) is 31.0 Å². The first-order chi connectivity index (χ1) is 9.17. The summed E-state index contributed by atoms with van der Waals surface area (Å²) in [6, 6.07) is 3.84. The van der Waals surface area contributed by atoms with Crippen molar-refractivity contribution in [1.29, 1.82) is 0 Å². The quantitative estimate of drug-likeness (QED) is 0.835. The molecule has 0 bridgehead atoms. The summed E-state index contributed by atoms with van der Waals surface area (Å²) in [5.74, 6) is -0.657. The average molecular weight is 282 g/mol. The zero-order valence-electron chi connectivity index (χ0n) is 10.6. The third-order valence-electron chi connectivity index (χ3n) is 3.77. The Balaban J connectivity index is 1.73. The Morgan fingerprint density at radius 3 is 2.63 bits per heavy atom. The number of hydrogen-bond donors (Lipinski definition) is 1. The molecule has 1 aliphatic carbocycles. The molecule has 3 rings (SSSR count). The molecule has 0 atom stereocenters. The lowest BCUT2D eigenvalue weighted by molar-refractivity contribution is 0.335. The predicted molar refractivity (Wildman–Crippen MR) is 75.7 cm³/mol. The van der Waals surface area contributed by atoms with Crippen molar-refractivity contribution in [1.82, 2.24) is 0 Å². The van der Waals surface area contributed by atoms with E-state index in [9.17, 15) is 8.78 Å². The van der Waals surface area contributed by atoms with Gasteiger partial charge in [-0.3, -0.25) is 4.99 Å². The first kappa shape index (κ1) is 12.9. The first-order valence-corrected chi connectivity index (χ1v) is 7.60. The summed E-state index contributed by atoms with van der Waals surface area (Å²) < 4.78 is 26.0. The molecule has 0 unspecified atom stereocenters. The molecule has 1 N–H and O–H groups in total. The fourth-order valence-corrected chi connectivity index (χ4v) is 3.92. The minimum Gasteiger partial charge on any atom is -0.335 e. The molecule has 1 fully saturated rings. The van der Waals surface area contributed by atoms with E-state index in [1.807, 2.05) is 0 Å². The molecule has 1 heterocycles. The number of nitrogens with one attached hydrogen (secondary N) is 1. The summed E-state index contributed by atoms with van der Waals surface area (Å²) in [6.07, 6.45) is 6.06. The average Bonchev–Trinajstić information content (AvgIpc) is 2.78.